The van der Waals surface area contributed by atoms with Crippen molar-refractivity contribution in [3.8, 4) is 17.1 Å². The highest BCUT2D eigenvalue weighted by Crippen LogP contribution is 2.27. The molecule has 1 atom stereocenters. The van der Waals surface area contributed by atoms with Gasteiger partial charge in [-0.2, -0.15) is 5.10 Å². The zero-order chi connectivity index (χ0) is 22.0. The van der Waals surface area contributed by atoms with Gasteiger partial charge >= 0.3 is 0 Å². The first-order chi connectivity index (χ1) is 14.9. The Morgan fingerprint density at radius 2 is 1.94 bits per heavy atom. The molecule has 1 unspecified atom stereocenters. The summed E-state index contributed by atoms with van der Waals surface area (Å²) in [5, 5.41) is 9.62. The fourth-order valence-electron chi connectivity index (χ4n) is 3.39. The van der Waals surface area contributed by atoms with Gasteiger partial charge in [-0.05, 0) is 36.4 Å². The van der Waals surface area contributed by atoms with Crippen LogP contribution in [-0.2, 0) is 16.1 Å². The van der Waals surface area contributed by atoms with Crippen LogP contribution in [0, 0.1) is 17.6 Å². The van der Waals surface area contributed by atoms with E-state index in [1.165, 1.54) is 4.90 Å². The average Bonchev–Trinajstić information content (AvgIpc) is 3.38. The van der Waals surface area contributed by atoms with Crippen molar-refractivity contribution in [2.75, 3.05) is 18.6 Å². The number of nitrogens with zero attached hydrogens (tertiary/aromatic N) is 3. The van der Waals surface area contributed by atoms with E-state index in [9.17, 15) is 18.4 Å². The van der Waals surface area contributed by atoms with E-state index in [1.807, 2.05) is 12.1 Å². The SMILES string of the molecule is COc1ccc(-c2n[nH]c(CNC(=O)C3CC(=O)N(c4cc(F)cc(F)c4)C3)n2)cc1. The Hall–Kier alpha value is -3.82. The molecule has 8 nitrogen and oxygen atoms in total. The molecule has 0 saturated carbocycles. The Labute approximate surface area is 176 Å². The third-order valence-corrected chi connectivity index (χ3v) is 4.96. The molecule has 2 N–H and O–H groups in total. The minimum atomic E-state index is -0.784. The standard InChI is InChI=1S/C21H19F2N5O3/c1-31-17-4-2-12(3-5-17)20-25-18(26-27-20)10-24-21(30)13-6-19(29)28(11-13)16-8-14(22)7-15(23)9-16/h2-5,7-9,13H,6,10-11H2,1H3,(H,24,30)(H,25,26,27). The first-order valence-electron chi connectivity index (χ1n) is 9.53. The third-order valence-electron chi connectivity index (χ3n) is 4.96. The maximum Gasteiger partial charge on any atom is 0.227 e. The van der Waals surface area contributed by atoms with E-state index in [0.29, 0.717) is 17.4 Å². The van der Waals surface area contributed by atoms with Crippen LogP contribution in [0.25, 0.3) is 11.4 Å². The molecule has 2 aromatic carbocycles. The van der Waals surface area contributed by atoms with Gasteiger partial charge in [0.1, 0.15) is 23.2 Å². The summed E-state index contributed by atoms with van der Waals surface area (Å²) >= 11 is 0. The fourth-order valence-corrected chi connectivity index (χ4v) is 3.39. The Morgan fingerprint density at radius 3 is 2.61 bits per heavy atom. The molecule has 0 radical (unpaired) electrons. The van der Waals surface area contributed by atoms with Gasteiger partial charge in [-0.15, -0.1) is 0 Å². The molecule has 0 bridgehead atoms. The third kappa shape index (κ3) is 4.52. The molecule has 4 rings (SSSR count). The number of aromatic nitrogens is 3. The van der Waals surface area contributed by atoms with E-state index in [1.54, 1.807) is 19.2 Å². The average molecular weight is 427 g/mol. The maximum absolute atomic E-state index is 13.5. The number of carbonyl (C=O) groups excluding carboxylic acids is 2. The largest absolute Gasteiger partial charge is 0.497 e. The van der Waals surface area contributed by atoms with Crippen molar-refractivity contribution >= 4 is 17.5 Å². The first-order valence-corrected chi connectivity index (χ1v) is 9.53. The number of methoxy groups -OCH3 is 1. The second kappa shape index (κ2) is 8.50. The number of nitrogens with one attached hydrogen (secondary N) is 2. The Kier molecular flexibility index (Phi) is 5.61. The number of anilines is 1. The van der Waals surface area contributed by atoms with Crippen molar-refractivity contribution in [1.82, 2.24) is 20.5 Å². The molecule has 2 amide bonds. The molecule has 1 aromatic heterocycles. The number of ether oxygens (including phenoxy) is 1. The number of hydrogen-bond donors (Lipinski definition) is 2. The summed E-state index contributed by atoms with van der Waals surface area (Å²) in [6.07, 6.45) is -0.0442. The second-order valence-corrected chi connectivity index (χ2v) is 7.09. The molecule has 1 aliphatic heterocycles. The predicted molar refractivity (Wildman–Crippen MR) is 107 cm³/mol. The summed E-state index contributed by atoms with van der Waals surface area (Å²) in [6.45, 7) is 0.141. The monoisotopic (exact) mass is 427 g/mol. The van der Waals surface area contributed by atoms with E-state index in [0.717, 1.165) is 23.8 Å². The first kappa shape index (κ1) is 20.5. The minimum absolute atomic E-state index is 0.0427. The van der Waals surface area contributed by atoms with Gasteiger partial charge in [0.25, 0.3) is 0 Å². The molecular weight excluding hydrogens is 408 g/mol. The number of benzene rings is 2. The van der Waals surface area contributed by atoms with Crippen LogP contribution in [0.2, 0.25) is 0 Å². The summed E-state index contributed by atoms with van der Waals surface area (Å²) in [5.74, 6) is -1.28. The Morgan fingerprint density at radius 1 is 1.23 bits per heavy atom. The number of aromatic amines is 1. The molecule has 0 spiro atoms. The van der Waals surface area contributed by atoms with Crippen LogP contribution in [0.5, 0.6) is 5.75 Å². The summed E-state index contributed by atoms with van der Waals surface area (Å²) in [4.78, 5) is 30.3. The van der Waals surface area contributed by atoms with Crippen molar-refractivity contribution in [2.45, 2.75) is 13.0 Å². The lowest BCUT2D eigenvalue weighted by atomic mass is 10.1. The van der Waals surface area contributed by atoms with Crippen molar-refractivity contribution in [3.63, 3.8) is 0 Å². The summed E-state index contributed by atoms with van der Waals surface area (Å²) in [7, 11) is 1.58. The lowest BCUT2D eigenvalue weighted by molar-refractivity contribution is -0.126. The van der Waals surface area contributed by atoms with Crippen molar-refractivity contribution in [2.24, 2.45) is 5.92 Å². The zero-order valence-electron chi connectivity index (χ0n) is 16.6. The highest BCUT2D eigenvalue weighted by atomic mass is 19.1. The van der Waals surface area contributed by atoms with E-state index >= 15 is 0 Å². The second-order valence-electron chi connectivity index (χ2n) is 7.09. The molecule has 1 fully saturated rings. The van der Waals surface area contributed by atoms with Crippen LogP contribution in [0.4, 0.5) is 14.5 Å². The quantitative estimate of drug-likeness (QED) is 0.629. The number of rotatable bonds is 6. The van der Waals surface area contributed by atoms with Crippen LogP contribution in [0.15, 0.2) is 42.5 Å². The summed E-state index contributed by atoms with van der Waals surface area (Å²) in [6, 6.07) is 10.1. The van der Waals surface area contributed by atoms with Gasteiger partial charge in [-0.3, -0.25) is 14.7 Å². The zero-order valence-corrected chi connectivity index (χ0v) is 16.6. The van der Waals surface area contributed by atoms with Crippen molar-refractivity contribution in [3.05, 3.63) is 59.9 Å². The number of halogens is 2. The summed E-state index contributed by atoms with van der Waals surface area (Å²) < 4.78 is 32.0. The van der Waals surface area contributed by atoms with Crippen molar-refractivity contribution in [1.29, 1.82) is 0 Å². The smallest absolute Gasteiger partial charge is 0.227 e. The highest BCUT2D eigenvalue weighted by molar-refractivity contribution is 6.00. The molecule has 1 saturated heterocycles. The van der Waals surface area contributed by atoms with Crippen LogP contribution in [0.1, 0.15) is 12.2 Å². The number of H-pyrrole nitrogens is 1. The van der Waals surface area contributed by atoms with Gasteiger partial charge in [0.05, 0.1) is 19.6 Å². The van der Waals surface area contributed by atoms with Crippen LogP contribution >= 0.6 is 0 Å². The van der Waals surface area contributed by atoms with Gasteiger partial charge in [0, 0.05) is 30.3 Å². The lowest BCUT2D eigenvalue weighted by Gasteiger charge is -2.16. The van der Waals surface area contributed by atoms with Gasteiger partial charge in [0.15, 0.2) is 5.82 Å². The maximum atomic E-state index is 13.5. The van der Waals surface area contributed by atoms with Crippen LogP contribution < -0.4 is 15.0 Å². The molecular formula is C21H19F2N5O3. The number of amides is 2. The normalized spacial score (nSPS) is 15.9. The van der Waals surface area contributed by atoms with E-state index in [2.05, 4.69) is 20.5 Å². The van der Waals surface area contributed by atoms with Gasteiger partial charge in [0.2, 0.25) is 11.8 Å². The lowest BCUT2D eigenvalue weighted by Crippen LogP contribution is -2.33. The van der Waals surface area contributed by atoms with Crippen molar-refractivity contribution < 1.29 is 23.1 Å². The van der Waals surface area contributed by atoms with Crippen LogP contribution in [-0.4, -0.2) is 40.7 Å². The van der Waals surface area contributed by atoms with Crippen LogP contribution in [0.3, 0.4) is 0 Å². The Bertz CT molecular complexity index is 1100. The minimum Gasteiger partial charge on any atom is -0.497 e. The molecule has 2 heterocycles. The molecule has 10 heteroatoms. The van der Waals surface area contributed by atoms with E-state index in [-0.39, 0.29) is 37.0 Å². The predicted octanol–water partition coefficient (Wildman–Crippen LogP) is 2.43. The number of carbonyl (C=O) groups is 2. The van der Waals surface area contributed by atoms with Gasteiger partial charge < -0.3 is 15.0 Å². The fraction of sp³-hybridized carbons (Fsp3) is 0.238. The Balaban J connectivity index is 1.36. The molecule has 1 aliphatic rings. The van der Waals surface area contributed by atoms with E-state index < -0.39 is 17.6 Å². The molecule has 0 aliphatic carbocycles. The van der Waals surface area contributed by atoms with Gasteiger partial charge in [-0.25, -0.2) is 13.8 Å². The summed E-state index contributed by atoms with van der Waals surface area (Å²) in [5.41, 5.74) is 0.881. The molecule has 160 valence electrons. The highest BCUT2D eigenvalue weighted by Gasteiger charge is 2.35. The van der Waals surface area contributed by atoms with Gasteiger partial charge in [-0.1, -0.05) is 0 Å². The number of hydrogen-bond acceptors (Lipinski definition) is 5. The van der Waals surface area contributed by atoms with E-state index in [4.69, 9.17) is 4.74 Å². The molecule has 3 aromatic rings. The molecule has 31 heavy (non-hydrogen) atoms. The topological polar surface area (TPSA) is 100 Å².